The minimum absolute atomic E-state index is 0.335. The van der Waals surface area contributed by atoms with Gasteiger partial charge in [0.05, 0.1) is 18.8 Å². The lowest BCUT2D eigenvalue weighted by molar-refractivity contribution is -0.0269. The Balaban J connectivity index is 2.29. The number of pyridine rings is 1. The van der Waals surface area contributed by atoms with Gasteiger partial charge < -0.3 is 9.84 Å². The second kappa shape index (κ2) is 4.35. The van der Waals surface area contributed by atoms with Crippen LogP contribution in [0, 0.1) is 0 Å². The Morgan fingerprint density at radius 1 is 1.54 bits per heavy atom. The van der Waals surface area contributed by atoms with Crippen molar-refractivity contribution in [1.29, 1.82) is 0 Å². The van der Waals surface area contributed by atoms with E-state index < -0.39 is 5.60 Å². The number of hydrogen-bond acceptors (Lipinski definition) is 3. The summed E-state index contributed by atoms with van der Waals surface area (Å²) in [6.07, 6.45) is 3.48. The van der Waals surface area contributed by atoms with Crippen LogP contribution in [0.1, 0.15) is 19.4 Å². The molecule has 0 atom stereocenters. The molecule has 0 aromatic carbocycles. The molecule has 1 aromatic rings. The summed E-state index contributed by atoms with van der Waals surface area (Å²) >= 11 is 0. The minimum atomic E-state index is -0.762. The molecule has 3 nitrogen and oxygen atoms in total. The molecule has 13 heavy (non-hydrogen) atoms. The first-order chi connectivity index (χ1) is 6.08. The van der Waals surface area contributed by atoms with Gasteiger partial charge in [-0.05, 0) is 25.5 Å². The smallest absolute Gasteiger partial charge is 0.0824 e. The third-order valence-electron chi connectivity index (χ3n) is 1.45. The first-order valence-electron chi connectivity index (χ1n) is 4.27. The lowest BCUT2D eigenvalue weighted by Gasteiger charge is -2.16. The van der Waals surface area contributed by atoms with Gasteiger partial charge >= 0.3 is 0 Å². The Hall–Kier alpha value is -0.930. The van der Waals surface area contributed by atoms with E-state index in [1.807, 2.05) is 12.1 Å². The summed E-state index contributed by atoms with van der Waals surface area (Å²) in [6, 6.07) is 3.81. The van der Waals surface area contributed by atoms with E-state index in [9.17, 15) is 5.11 Å². The minimum Gasteiger partial charge on any atom is -0.388 e. The van der Waals surface area contributed by atoms with Gasteiger partial charge in [0.15, 0.2) is 0 Å². The maximum atomic E-state index is 9.36. The summed E-state index contributed by atoms with van der Waals surface area (Å²) in [6.45, 7) is 4.27. The first kappa shape index (κ1) is 10.2. The predicted molar refractivity (Wildman–Crippen MR) is 50.2 cm³/mol. The fourth-order valence-electron chi connectivity index (χ4n) is 0.902. The average molecular weight is 181 g/mol. The molecule has 72 valence electrons. The predicted octanol–water partition coefficient (Wildman–Crippen LogP) is 1.37. The molecule has 0 amide bonds. The van der Waals surface area contributed by atoms with Gasteiger partial charge in [-0.25, -0.2) is 0 Å². The van der Waals surface area contributed by atoms with E-state index in [1.165, 1.54) is 0 Å². The molecule has 0 fully saturated rings. The number of nitrogens with zero attached hydrogens (tertiary/aromatic N) is 1. The van der Waals surface area contributed by atoms with Crippen LogP contribution >= 0.6 is 0 Å². The van der Waals surface area contributed by atoms with Gasteiger partial charge in [0.25, 0.3) is 0 Å². The van der Waals surface area contributed by atoms with Crippen LogP contribution in [0.5, 0.6) is 0 Å². The van der Waals surface area contributed by atoms with Crippen LogP contribution in [0.4, 0.5) is 0 Å². The van der Waals surface area contributed by atoms with E-state index >= 15 is 0 Å². The summed E-state index contributed by atoms with van der Waals surface area (Å²) in [5, 5.41) is 9.36. The number of ether oxygens (including phenoxy) is 1. The lowest BCUT2D eigenvalue weighted by atomic mass is 10.2. The highest BCUT2D eigenvalue weighted by Crippen LogP contribution is 2.04. The highest BCUT2D eigenvalue weighted by atomic mass is 16.5. The van der Waals surface area contributed by atoms with Gasteiger partial charge in [-0.15, -0.1) is 0 Å². The van der Waals surface area contributed by atoms with E-state index in [4.69, 9.17) is 4.74 Å². The quantitative estimate of drug-likeness (QED) is 0.762. The van der Waals surface area contributed by atoms with Crippen LogP contribution < -0.4 is 0 Å². The standard InChI is InChI=1S/C10H15NO2/c1-10(2,12)8-13-7-9-4-3-5-11-6-9/h3-6,12H,7-8H2,1-2H3. The number of aromatic nitrogens is 1. The van der Waals surface area contributed by atoms with Gasteiger partial charge in [0.1, 0.15) is 0 Å². The molecule has 0 saturated heterocycles. The Kier molecular flexibility index (Phi) is 3.39. The fraction of sp³-hybridized carbons (Fsp3) is 0.500. The SMILES string of the molecule is CC(C)(O)COCc1cccnc1. The van der Waals surface area contributed by atoms with Crippen molar-refractivity contribution >= 4 is 0 Å². The second-order valence-corrected chi connectivity index (χ2v) is 3.67. The van der Waals surface area contributed by atoms with Crippen molar-refractivity contribution in [1.82, 2.24) is 4.98 Å². The average Bonchev–Trinajstić information content (AvgIpc) is 2.04. The Morgan fingerprint density at radius 3 is 2.85 bits per heavy atom. The molecule has 1 N–H and O–H groups in total. The van der Waals surface area contributed by atoms with Crippen LogP contribution in [0.3, 0.4) is 0 Å². The van der Waals surface area contributed by atoms with Gasteiger partial charge in [-0.1, -0.05) is 6.07 Å². The molecule has 0 unspecified atom stereocenters. The summed E-state index contributed by atoms with van der Waals surface area (Å²) in [7, 11) is 0. The Morgan fingerprint density at radius 2 is 2.31 bits per heavy atom. The zero-order valence-corrected chi connectivity index (χ0v) is 8.03. The zero-order chi connectivity index (χ0) is 9.73. The Bertz CT molecular complexity index is 241. The molecule has 0 aliphatic heterocycles. The van der Waals surface area contributed by atoms with E-state index in [0.717, 1.165) is 5.56 Å². The van der Waals surface area contributed by atoms with Gasteiger partial charge in [0.2, 0.25) is 0 Å². The molecule has 0 bridgehead atoms. The molecule has 0 saturated carbocycles. The monoisotopic (exact) mass is 181 g/mol. The van der Waals surface area contributed by atoms with Crippen molar-refractivity contribution in [3.05, 3.63) is 30.1 Å². The molecule has 1 heterocycles. The molecular formula is C10H15NO2. The fourth-order valence-corrected chi connectivity index (χ4v) is 0.902. The van der Waals surface area contributed by atoms with Crippen molar-refractivity contribution < 1.29 is 9.84 Å². The van der Waals surface area contributed by atoms with E-state index in [2.05, 4.69) is 4.98 Å². The molecular weight excluding hydrogens is 166 g/mol. The third-order valence-corrected chi connectivity index (χ3v) is 1.45. The van der Waals surface area contributed by atoms with E-state index in [0.29, 0.717) is 13.2 Å². The van der Waals surface area contributed by atoms with Gasteiger partial charge in [0, 0.05) is 12.4 Å². The number of rotatable bonds is 4. The van der Waals surface area contributed by atoms with Crippen LogP contribution in [0.25, 0.3) is 0 Å². The summed E-state index contributed by atoms with van der Waals surface area (Å²) < 4.78 is 5.29. The first-order valence-corrected chi connectivity index (χ1v) is 4.27. The summed E-state index contributed by atoms with van der Waals surface area (Å²) in [5.41, 5.74) is 0.258. The summed E-state index contributed by atoms with van der Waals surface area (Å²) in [5.74, 6) is 0. The number of hydrogen-bond donors (Lipinski definition) is 1. The van der Waals surface area contributed by atoms with Crippen molar-refractivity contribution in [3.8, 4) is 0 Å². The molecule has 1 aromatic heterocycles. The maximum absolute atomic E-state index is 9.36. The van der Waals surface area contributed by atoms with Gasteiger partial charge in [-0.3, -0.25) is 4.98 Å². The van der Waals surface area contributed by atoms with Crippen molar-refractivity contribution in [3.63, 3.8) is 0 Å². The van der Waals surface area contributed by atoms with Crippen LogP contribution in [-0.2, 0) is 11.3 Å². The molecule has 0 spiro atoms. The van der Waals surface area contributed by atoms with Gasteiger partial charge in [-0.2, -0.15) is 0 Å². The topological polar surface area (TPSA) is 42.4 Å². The molecule has 3 heteroatoms. The largest absolute Gasteiger partial charge is 0.388 e. The highest BCUT2D eigenvalue weighted by Gasteiger charge is 2.11. The second-order valence-electron chi connectivity index (χ2n) is 3.67. The Labute approximate surface area is 78.4 Å². The van der Waals surface area contributed by atoms with E-state index in [1.54, 1.807) is 26.2 Å². The van der Waals surface area contributed by atoms with Crippen LogP contribution in [0.15, 0.2) is 24.5 Å². The lowest BCUT2D eigenvalue weighted by Crippen LogP contribution is -2.25. The normalized spacial score (nSPS) is 11.6. The van der Waals surface area contributed by atoms with Crippen molar-refractivity contribution in [2.75, 3.05) is 6.61 Å². The molecule has 1 rings (SSSR count). The van der Waals surface area contributed by atoms with Crippen molar-refractivity contribution in [2.24, 2.45) is 0 Å². The van der Waals surface area contributed by atoms with Crippen LogP contribution in [-0.4, -0.2) is 22.3 Å². The molecule has 0 aliphatic rings. The molecule has 0 radical (unpaired) electrons. The number of aliphatic hydroxyl groups is 1. The molecule has 0 aliphatic carbocycles. The highest BCUT2D eigenvalue weighted by molar-refractivity contribution is 5.06. The zero-order valence-electron chi connectivity index (χ0n) is 8.03. The van der Waals surface area contributed by atoms with Crippen LogP contribution in [0.2, 0.25) is 0 Å². The maximum Gasteiger partial charge on any atom is 0.0824 e. The third kappa shape index (κ3) is 4.60. The van der Waals surface area contributed by atoms with Crippen molar-refractivity contribution in [2.45, 2.75) is 26.1 Å². The van der Waals surface area contributed by atoms with E-state index in [-0.39, 0.29) is 0 Å². The summed E-state index contributed by atoms with van der Waals surface area (Å²) in [4.78, 5) is 3.96.